The Kier molecular flexibility index (Phi) is 5.22. The molecule has 0 radical (unpaired) electrons. The van der Waals surface area contributed by atoms with Crippen molar-refractivity contribution in [3.63, 3.8) is 0 Å². The predicted octanol–water partition coefficient (Wildman–Crippen LogP) is 0.114. The third-order valence-electron chi connectivity index (χ3n) is 1.25. The van der Waals surface area contributed by atoms with E-state index in [2.05, 4.69) is 0 Å². The molecule has 0 heterocycles. The third-order valence-corrected chi connectivity index (χ3v) is 1.25. The SMILES string of the molecule is C#CC(=O)N(C)CCOCC. The van der Waals surface area contributed by atoms with Crippen LogP contribution < -0.4 is 0 Å². The van der Waals surface area contributed by atoms with Crippen LogP contribution in [0, 0.1) is 12.3 Å². The highest BCUT2D eigenvalue weighted by molar-refractivity contribution is 5.92. The molecule has 0 saturated carbocycles. The van der Waals surface area contributed by atoms with Crippen molar-refractivity contribution in [1.82, 2.24) is 4.90 Å². The zero-order valence-corrected chi connectivity index (χ0v) is 6.96. The van der Waals surface area contributed by atoms with E-state index in [1.165, 1.54) is 4.90 Å². The molecule has 62 valence electrons. The molecule has 0 spiro atoms. The van der Waals surface area contributed by atoms with Gasteiger partial charge in [0.25, 0.3) is 5.91 Å². The fourth-order valence-electron chi connectivity index (χ4n) is 0.558. The summed E-state index contributed by atoms with van der Waals surface area (Å²) >= 11 is 0. The number of ether oxygens (including phenoxy) is 1. The van der Waals surface area contributed by atoms with E-state index in [1.807, 2.05) is 12.8 Å². The van der Waals surface area contributed by atoms with Gasteiger partial charge in [-0.25, -0.2) is 0 Å². The van der Waals surface area contributed by atoms with E-state index in [0.29, 0.717) is 19.8 Å². The first-order valence-electron chi connectivity index (χ1n) is 3.51. The van der Waals surface area contributed by atoms with Gasteiger partial charge in [-0.15, -0.1) is 6.42 Å². The van der Waals surface area contributed by atoms with Gasteiger partial charge < -0.3 is 9.64 Å². The highest BCUT2D eigenvalue weighted by Crippen LogP contribution is 1.83. The second-order valence-electron chi connectivity index (χ2n) is 2.07. The molecular weight excluding hydrogens is 142 g/mol. The second-order valence-corrected chi connectivity index (χ2v) is 2.07. The largest absolute Gasteiger partial charge is 0.380 e. The summed E-state index contributed by atoms with van der Waals surface area (Å²) in [6, 6.07) is 0. The summed E-state index contributed by atoms with van der Waals surface area (Å²) in [5.41, 5.74) is 0. The van der Waals surface area contributed by atoms with Crippen molar-refractivity contribution in [2.45, 2.75) is 6.92 Å². The Bertz CT molecular complexity index is 160. The van der Waals surface area contributed by atoms with E-state index >= 15 is 0 Å². The Morgan fingerprint density at radius 1 is 1.73 bits per heavy atom. The molecule has 0 aliphatic carbocycles. The number of carbonyl (C=O) groups is 1. The molecule has 0 aliphatic heterocycles. The van der Waals surface area contributed by atoms with Gasteiger partial charge in [0, 0.05) is 20.2 Å². The predicted molar refractivity (Wildman–Crippen MR) is 43.0 cm³/mol. The standard InChI is InChI=1S/C8H13NO2/c1-4-8(10)9(3)6-7-11-5-2/h1H,5-7H2,2-3H3. The van der Waals surface area contributed by atoms with Gasteiger partial charge in [0.15, 0.2) is 0 Å². The van der Waals surface area contributed by atoms with Crippen LogP contribution in [0.15, 0.2) is 0 Å². The number of amides is 1. The summed E-state index contributed by atoms with van der Waals surface area (Å²) in [4.78, 5) is 12.2. The fraction of sp³-hybridized carbons (Fsp3) is 0.625. The molecule has 0 fully saturated rings. The lowest BCUT2D eigenvalue weighted by Gasteiger charge is -2.12. The average Bonchev–Trinajstić information content (AvgIpc) is 2.03. The summed E-state index contributed by atoms with van der Waals surface area (Å²) in [7, 11) is 1.65. The summed E-state index contributed by atoms with van der Waals surface area (Å²) in [5, 5.41) is 0. The monoisotopic (exact) mass is 155 g/mol. The topological polar surface area (TPSA) is 29.5 Å². The molecule has 0 aromatic carbocycles. The van der Waals surface area contributed by atoms with Crippen LogP contribution in [0.25, 0.3) is 0 Å². The first-order chi connectivity index (χ1) is 5.22. The van der Waals surface area contributed by atoms with E-state index in [-0.39, 0.29) is 5.91 Å². The lowest BCUT2D eigenvalue weighted by Crippen LogP contribution is -2.28. The highest BCUT2D eigenvalue weighted by atomic mass is 16.5. The van der Waals surface area contributed by atoms with Crippen LogP contribution in [-0.4, -0.2) is 37.6 Å². The Morgan fingerprint density at radius 2 is 2.36 bits per heavy atom. The van der Waals surface area contributed by atoms with Gasteiger partial charge in [-0.3, -0.25) is 4.79 Å². The Balaban J connectivity index is 3.46. The zero-order chi connectivity index (χ0) is 8.69. The maximum atomic E-state index is 10.7. The van der Waals surface area contributed by atoms with E-state index in [1.54, 1.807) is 7.05 Å². The molecule has 1 amide bonds. The molecule has 0 unspecified atom stereocenters. The Labute approximate surface area is 67.3 Å². The van der Waals surface area contributed by atoms with E-state index in [9.17, 15) is 4.79 Å². The van der Waals surface area contributed by atoms with E-state index < -0.39 is 0 Å². The number of terminal acetylenes is 1. The summed E-state index contributed by atoms with van der Waals surface area (Å²) < 4.78 is 5.04. The van der Waals surface area contributed by atoms with Crippen LogP contribution in [0.1, 0.15) is 6.92 Å². The van der Waals surface area contributed by atoms with Crippen molar-refractivity contribution >= 4 is 5.91 Å². The number of hydrogen-bond acceptors (Lipinski definition) is 2. The molecule has 0 aliphatic rings. The number of hydrogen-bond donors (Lipinski definition) is 0. The van der Waals surface area contributed by atoms with Crippen LogP contribution in [-0.2, 0) is 9.53 Å². The molecule has 3 heteroatoms. The lowest BCUT2D eigenvalue weighted by atomic mass is 10.5. The van der Waals surface area contributed by atoms with Crippen molar-refractivity contribution in [3.8, 4) is 12.3 Å². The van der Waals surface area contributed by atoms with Crippen LogP contribution in [0.4, 0.5) is 0 Å². The van der Waals surface area contributed by atoms with Gasteiger partial charge in [-0.05, 0) is 12.8 Å². The second kappa shape index (κ2) is 5.75. The van der Waals surface area contributed by atoms with Crippen molar-refractivity contribution in [2.24, 2.45) is 0 Å². The first kappa shape index (κ1) is 9.99. The quantitative estimate of drug-likeness (QED) is 0.426. The highest BCUT2D eigenvalue weighted by Gasteiger charge is 2.02. The number of nitrogens with zero attached hydrogens (tertiary/aromatic N) is 1. The molecule has 11 heavy (non-hydrogen) atoms. The molecule has 3 nitrogen and oxygen atoms in total. The first-order valence-corrected chi connectivity index (χ1v) is 3.51. The summed E-state index contributed by atoms with van der Waals surface area (Å²) in [5.74, 6) is 1.72. The van der Waals surface area contributed by atoms with Gasteiger partial charge in [0.1, 0.15) is 0 Å². The van der Waals surface area contributed by atoms with Crippen molar-refractivity contribution < 1.29 is 9.53 Å². The van der Waals surface area contributed by atoms with Gasteiger partial charge in [0.05, 0.1) is 6.61 Å². The van der Waals surface area contributed by atoms with Crippen molar-refractivity contribution in [3.05, 3.63) is 0 Å². The van der Waals surface area contributed by atoms with Gasteiger partial charge in [-0.1, -0.05) is 0 Å². The van der Waals surface area contributed by atoms with Gasteiger partial charge >= 0.3 is 0 Å². The van der Waals surface area contributed by atoms with Crippen LogP contribution in [0.2, 0.25) is 0 Å². The van der Waals surface area contributed by atoms with Gasteiger partial charge in [-0.2, -0.15) is 0 Å². The minimum absolute atomic E-state index is 0.301. The molecule has 0 rings (SSSR count). The van der Waals surface area contributed by atoms with Crippen LogP contribution in [0.3, 0.4) is 0 Å². The van der Waals surface area contributed by atoms with E-state index in [4.69, 9.17) is 11.2 Å². The lowest BCUT2D eigenvalue weighted by molar-refractivity contribution is -0.124. The minimum Gasteiger partial charge on any atom is -0.380 e. The normalized spacial score (nSPS) is 8.82. The maximum absolute atomic E-state index is 10.7. The number of carbonyl (C=O) groups excluding carboxylic acids is 1. The molecule has 0 N–H and O–H groups in total. The molecule has 0 saturated heterocycles. The molecular formula is C8H13NO2. The van der Waals surface area contributed by atoms with Crippen LogP contribution >= 0.6 is 0 Å². The summed E-state index contributed by atoms with van der Waals surface area (Å²) in [6.07, 6.45) is 4.90. The minimum atomic E-state index is -0.301. The van der Waals surface area contributed by atoms with Crippen LogP contribution in [0.5, 0.6) is 0 Å². The Hall–Kier alpha value is -1.01. The Morgan fingerprint density at radius 3 is 2.82 bits per heavy atom. The maximum Gasteiger partial charge on any atom is 0.298 e. The summed E-state index contributed by atoms with van der Waals surface area (Å²) in [6.45, 7) is 3.67. The molecule has 0 aromatic heterocycles. The molecule has 0 aromatic rings. The van der Waals surface area contributed by atoms with Gasteiger partial charge in [0.2, 0.25) is 0 Å². The number of rotatable bonds is 4. The third kappa shape index (κ3) is 4.40. The zero-order valence-electron chi connectivity index (χ0n) is 6.96. The average molecular weight is 155 g/mol. The van der Waals surface area contributed by atoms with E-state index in [0.717, 1.165) is 0 Å². The smallest absolute Gasteiger partial charge is 0.298 e. The fourth-order valence-corrected chi connectivity index (χ4v) is 0.558. The number of likely N-dealkylation sites (N-methyl/N-ethyl adjacent to an activating group) is 1. The molecule has 0 atom stereocenters. The molecule has 0 bridgehead atoms. The van der Waals surface area contributed by atoms with Crippen molar-refractivity contribution in [2.75, 3.05) is 26.8 Å². The van der Waals surface area contributed by atoms with Crippen molar-refractivity contribution in [1.29, 1.82) is 0 Å².